The lowest BCUT2D eigenvalue weighted by Gasteiger charge is -2.35. The highest BCUT2D eigenvalue weighted by molar-refractivity contribution is 9.10. The van der Waals surface area contributed by atoms with Gasteiger partial charge in [0.2, 0.25) is 0 Å². The van der Waals surface area contributed by atoms with Gasteiger partial charge >= 0.3 is 0 Å². The molecule has 0 spiro atoms. The van der Waals surface area contributed by atoms with E-state index in [0.717, 1.165) is 30.8 Å². The normalized spacial score (nSPS) is 16.0. The number of ether oxygens (including phenoxy) is 1. The Morgan fingerprint density at radius 2 is 1.74 bits per heavy atom. The number of nitrogens with zero attached hydrogens (tertiary/aromatic N) is 2. The number of anilines is 1. The minimum atomic E-state index is -0.0503. The van der Waals surface area contributed by atoms with Gasteiger partial charge in [0, 0.05) is 49.5 Å². The average Bonchev–Trinajstić information content (AvgIpc) is 2.69. The van der Waals surface area contributed by atoms with E-state index in [0.29, 0.717) is 12.1 Å². The number of rotatable bonds is 6. The first-order chi connectivity index (χ1) is 13.0. The summed E-state index contributed by atoms with van der Waals surface area (Å²) in [6.45, 7) is 3.76. The molecule has 0 radical (unpaired) electrons. The van der Waals surface area contributed by atoms with Gasteiger partial charge in [-0.15, -0.1) is 0 Å². The van der Waals surface area contributed by atoms with E-state index in [2.05, 4.69) is 55.3 Å². The number of benzene rings is 2. The summed E-state index contributed by atoms with van der Waals surface area (Å²) in [7, 11) is 4.07. The number of hydrogen-bond acceptors (Lipinski definition) is 4. The van der Waals surface area contributed by atoms with Crippen LogP contribution in [0.15, 0.2) is 53.0 Å². The van der Waals surface area contributed by atoms with Gasteiger partial charge in [0.25, 0.3) is 5.91 Å². The van der Waals surface area contributed by atoms with Gasteiger partial charge in [-0.05, 0) is 42.0 Å². The Bertz CT molecular complexity index is 741. The van der Waals surface area contributed by atoms with Gasteiger partial charge in [0.05, 0.1) is 19.3 Å². The van der Waals surface area contributed by atoms with E-state index in [-0.39, 0.29) is 11.9 Å². The number of amides is 1. The number of hydrogen-bond donors (Lipinski definition) is 1. The highest BCUT2D eigenvalue weighted by Gasteiger charge is 2.23. The molecule has 1 atom stereocenters. The van der Waals surface area contributed by atoms with E-state index in [1.165, 1.54) is 11.3 Å². The van der Waals surface area contributed by atoms with Crippen LogP contribution in [0.4, 0.5) is 5.69 Å². The van der Waals surface area contributed by atoms with Crippen molar-refractivity contribution < 1.29 is 9.53 Å². The summed E-state index contributed by atoms with van der Waals surface area (Å²) in [5.41, 5.74) is 3.04. The first kappa shape index (κ1) is 19.9. The monoisotopic (exact) mass is 431 g/mol. The van der Waals surface area contributed by atoms with Gasteiger partial charge in [0.15, 0.2) is 0 Å². The maximum absolute atomic E-state index is 12.5. The third-order valence-electron chi connectivity index (χ3n) is 4.84. The maximum atomic E-state index is 12.5. The molecule has 5 nitrogen and oxygen atoms in total. The van der Waals surface area contributed by atoms with E-state index < -0.39 is 0 Å². The van der Waals surface area contributed by atoms with Crippen LogP contribution in [0, 0.1) is 0 Å². The zero-order valence-corrected chi connectivity index (χ0v) is 17.4. The van der Waals surface area contributed by atoms with Gasteiger partial charge in [-0.2, -0.15) is 0 Å². The van der Waals surface area contributed by atoms with E-state index in [1.54, 1.807) is 0 Å². The smallest absolute Gasteiger partial charge is 0.251 e. The Labute approximate surface area is 169 Å². The number of halogens is 1. The van der Waals surface area contributed by atoms with Crippen LogP contribution in [0.3, 0.4) is 0 Å². The van der Waals surface area contributed by atoms with Crippen molar-refractivity contribution in [3.8, 4) is 0 Å². The van der Waals surface area contributed by atoms with Crippen LogP contribution in [0.2, 0.25) is 0 Å². The van der Waals surface area contributed by atoms with Crippen molar-refractivity contribution in [2.75, 3.05) is 51.8 Å². The van der Waals surface area contributed by atoms with Crippen molar-refractivity contribution in [3.63, 3.8) is 0 Å². The van der Waals surface area contributed by atoms with Crippen LogP contribution in [0.5, 0.6) is 0 Å². The fourth-order valence-corrected chi connectivity index (χ4v) is 3.50. The van der Waals surface area contributed by atoms with Crippen molar-refractivity contribution >= 4 is 27.5 Å². The quantitative estimate of drug-likeness (QED) is 0.761. The molecule has 0 bridgehead atoms. The Kier molecular flexibility index (Phi) is 6.88. The molecule has 0 aliphatic carbocycles. The van der Waals surface area contributed by atoms with Crippen molar-refractivity contribution in [3.05, 3.63) is 64.1 Å². The molecule has 0 saturated carbocycles. The molecule has 144 valence electrons. The molecule has 1 heterocycles. The lowest BCUT2D eigenvalue weighted by molar-refractivity contribution is 0.0162. The molecule has 1 amide bonds. The number of nitrogens with one attached hydrogen (secondary N) is 1. The Morgan fingerprint density at radius 3 is 2.33 bits per heavy atom. The lowest BCUT2D eigenvalue weighted by atomic mass is 10.0. The van der Waals surface area contributed by atoms with Crippen molar-refractivity contribution in [1.29, 1.82) is 0 Å². The maximum Gasteiger partial charge on any atom is 0.251 e. The molecular weight excluding hydrogens is 406 g/mol. The van der Waals surface area contributed by atoms with E-state index in [4.69, 9.17) is 4.74 Å². The molecule has 1 N–H and O–H groups in total. The Morgan fingerprint density at radius 1 is 1.11 bits per heavy atom. The molecule has 2 aromatic rings. The topological polar surface area (TPSA) is 44.8 Å². The molecule has 6 heteroatoms. The Balaban J connectivity index is 1.73. The second-order valence-electron chi connectivity index (χ2n) is 6.87. The second-order valence-corrected chi connectivity index (χ2v) is 7.78. The average molecular weight is 432 g/mol. The predicted molar refractivity (Wildman–Crippen MR) is 112 cm³/mol. The van der Waals surface area contributed by atoms with Crippen molar-refractivity contribution in [2.24, 2.45) is 0 Å². The molecule has 1 fully saturated rings. The first-order valence-corrected chi connectivity index (χ1v) is 9.97. The standard InChI is InChI=1S/C21H26BrN3O2/c1-24(2)19-9-5-16(6-10-19)20(25-11-13-27-14-12-25)15-23-21(26)17-3-7-18(22)8-4-17/h3-10,20H,11-15H2,1-2H3,(H,23,26)/t20-/m1/s1. The SMILES string of the molecule is CN(C)c1ccc([C@@H](CNC(=O)c2ccc(Br)cc2)N2CCOCC2)cc1. The van der Waals surface area contributed by atoms with Crippen LogP contribution in [-0.2, 0) is 4.74 Å². The molecule has 0 unspecified atom stereocenters. The largest absolute Gasteiger partial charge is 0.379 e. The highest BCUT2D eigenvalue weighted by Crippen LogP contribution is 2.24. The summed E-state index contributed by atoms with van der Waals surface area (Å²) in [6.07, 6.45) is 0. The highest BCUT2D eigenvalue weighted by atomic mass is 79.9. The molecular formula is C21H26BrN3O2. The lowest BCUT2D eigenvalue weighted by Crippen LogP contribution is -2.43. The van der Waals surface area contributed by atoms with Crippen LogP contribution < -0.4 is 10.2 Å². The van der Waals surface area contributed by atoms with Gasteiger partial charge in [-0.3, -0.25) is 9.69 Å². The fourth-order valence-electron chi connectivity index (χ4n) is 3.23. The minimum absolute atomic E-state index is 0.0503. The van der Waals surface area contributed by atoms with Gasteiger partial charge < -0.3 is 15.0 Å². The van der Waals surface area contributed by atoms with Crippen LogP contribution in [0.1, 0.15) is 22.0 Å². The minimum Gasteiger partial charge on any atom is -0.379 e. The molecule has 27 heavy (non-hydrogen) atoms. The van der Waals surface area contributed by atoms with Gasteiger partial charge in [0.1, 0.15) is 0 Å². The van der Waals surface area contributed by atoms with Crippen LogP contribution >= 0.6 is 15.9 Å². The van der Waals surface area contributed by atoms with E-state index in [1.807, 2.05) is 38.4 Å². The van der Waals surface area contributed by atoms with Crippen LogP contribution in [0.25, 0.3) is 0 Å². The molecule has 0 aromatic heterocycles. The molecule has 2 aromatic carbocycles. The predicted octanol–water partition coefficient (Wildman–Crippen LogP) is 3.32. The number of morpholine rings is 1. The van der Waals surface area contributed by atoms with Gasteiger partial charge in [-0.25, -0.2) is 0 Å². The molecule has 1 aliphatic heterocycles. The second kappa shape index (κ2) is 9.35. The van der Waals surface area contributed by atoms with Gasteiger partial charge in [-0.1, -0.05) is 28.1 Å². The molecule has 1 saturated heterocycles. The summed E-state index contributed by atoms with van der Waals surface area (Å²) in [6, 6.07) is 16.1. The molecule has 1 aliphatic rings. The molecule has 3 rings (SSSR count). The summed E-state index contributed by atoms with van der Waals surface area (Å²) in [4.78, 5) is 17.0. The first-order valence-electron chi connectivity index (χ1n) is 9.17. The van der Waals surface area contributed by atoms with E-state index >= 15 is 0 Å². The zero-order valence-electron chi connectivity index (χ0n) is 15.8. The van der Waals surface area contributed by atoms with Crippen molar-refractivity contribution in [2.45, 2.75) is 6.04 Å². The third kappa shape index (κ3) is 5.31. The van der Waals surface area contributed by atoms with Crippen LogP contribution in [-0.4, -0.2) is 57.8 Å². The Hall–Kier alpha value is -1.89. The third-order valence-corrected chi connectivity index (χ3v) is 5.37. The number of carbonyl (C=O) groups is 1. The van der Waals surface area contributed by atoms with E-state index in [9.17, 15) is 4.79 Å². The fraction of sp³-hybridized carbons (Fsp3) is 0.381. The summed E-state index contributed by atoms with van der Waals surface area (Å²) in [5, 5.41) is 3.10. The van der Waals surface area contributed by atoms with Crippen molar-refractivity contribution in [1.82, 2.24) is 10.2 Å². The summed E-state index contributed by atoms with van der Waals surface area (Å²) in [5.74, 6) is -0.0503. The zero-order chi connectivity index (χ0) is 19.2. The number of carbonyl (C=O) groups excluding carboxylic acids is 1. The summed E-state index contributed by atoms with van der Waals surface area (Å²) >= 11 is 3.40. The summed E-state index contributed by atoms with van der Waals surface area (Å²) < 4.78 is 6.47.